The van der Waals surface area contributed by atoms with Gasteiger partial charge in [0.05, 0.1) is 16.6 Å². The first kappa shape index (κ1) is 28.5. The molecule has 0 bridgehead atoms. The summed E-state index contributed by atoms with van der Waals surface area (Å²) in [5, 5.41) is 8.71. The molecule has 3 heterocycles. The largest absolute Gasteiger partial charge is 0.381 e. The van der Waals surface area contributed by atoms with Gasteiger partial charge in [-0.1, -0.05) is 73.6 Å². The molecule has 206 valence electrons. The molecule has 6 heteroatoms. The number of rotatable bonds is 8. The average molecular weight is 527 g/mol. The maximum atomic E-state index is 5.58. The minimum atomic E-state index is -0.0247. The second kappa shape index (κ2) is 12.1. The summed E-state index contributed by atoms with van der Waals surface area (Å²) in [6.45, 7) is 18.5. The summed E-state index contributed by atoms with van der Waals surface area (Å²) in [4.78, 5) is 11.7. The molecule has 0 aromatic carbocycles. The molecule has 1 unspecified atom stereocenters. The molecule has 2 N–H and O–H groups in total. The standard InChI is InChI=1S/C31H50N4OS/c1-21(33-24-13-15-36-16-14-24)29-34-25(17-22-11-9-8-10-12-22)28(37-29)23-18-26(31(5,6)7)35-27(19-23)32-20-30(2,3)4/h18-19,21-22,24,33H,8-17,20H2,1-7H3,(H,32,35). The fourth-order valence-corrected chi connectivity index (χ4v) is 6.46. The van der Waals surface area contributed by atoms with E-state index < -0.39 is 0 Å². The van der Waals surface area contributed by atoms with Gasteiger partial charge in [-0.25, -0.2) is 9.97 Å². The Morgan fingerprint density at radius 1 is 0.973 bits per heavy atom. The van der Waals surface area contributed by atoms with Gasteiger partial charge in [0.25, 0.3) is 0 Å². The third-order valence-electron chi connectivity index (χ3n) is 7.65. The van der Waals surface area contributed by atoms with Crippen LogP contribution in [0.2, 0.25) is 0 Å². The van der Waals surface area contributed by atoms with Gasteiger partial charge in [-0.05, 0) is 55.2 Å². The molecular formula is C31H50N4OS. The Hall–Kier alpha value is -1.50. The summed E-state index contributed by atoms with van der Waals surface area (Å²) < 4.78 is 5.58. The van der Waals surface area contributed by atoms with Crippen LogP contribution < -0.4 is 10.6 Å². The summed E-state index contributed by atoms with van der Waals surface area (Å²) in [6.07, 6.45) is 10.0. The van der Waals surface area contributed by atoms with Gasteiger partial charge in [0.2, 0.25) is 0 Å². The topological polar surface area (TPSA) is 59.1 Å². The second-order valence-electron chi connectivity index (χ2n) is 13.6. The van der Waals surface area contributed by atoms with E-state index in [0.717, 1.165) is 56.5 Å². The van der Waals surface area contributed by atoms with E-state index in [-0.39, 0.29) is 16.9 Å². The van der Waals surface area contributed by atoms with Crippen molar-refractivity contribution >= 4 is 17.2 Å². The van der Waals surface area contributed by atoms with Gasteiger partial charge in [-0.2, -0.15) is 0 Å². The van der Waals surface area contributed by atoms with Crippen molar-refractivity contribution in [2.24, 2.45) is 11.3 Å². The van der Waals surface area contributed by atoms with Crippen molar-refractivity contribution in [3.63, 3.8) is 0 Å². The molecule has 1 saturated heterocycles. The lowest BCUT2D eigenvalue weighted by atomic mass is 9.85. The Kier molecular flexibility index (Phi) is 9.34. The summed E-state index contributed by atoms with van der Waals surface area (Å²) in [7, 11) is 0. The molecule has 0 amide bonds. The van der Waals surface area contributed by atoms with E-state index in [0.29, 0.717) is 6.04 Å². The fraction of sp³-hybridized carbons (Fsp3) is 0.742. The SMILES string of the molecule is CC(NC1CCOCC1)c1nc(CC2CCCCC2)c(-c2cc(NCC(C)(C)C)nc(C(C)(C)C)c2)s1. The molecule has 1 aliphatic carbocycles. The van der Waals surface area contributed by atoms with Gasteiger partial charge in [0.15, 0.2) is 0 Å². The lowest BCUT2D eigenvalue weighted by Crippen LogP contribution is -2.36. The Labute approximate surface area is 229 Å². The monoisotopic (exact) mass is 526 g/mol. The molecule has 2 aliphatic rings. The molecule has 0 radical (unpaired) electrons. The zero-order valence-corrected chi connectivity index (χ0v) is 25.2. The van der Waals surface area contributed by atoms with E-state index >= 15 is 0 Å². The number of nitrogens with one attached hydrogen (secondary N) is 2. The zero-order valence-electron chi connectivity index (χ0n) is 24.4. The molecule has 1 saturated carbocycles. The van der Waals surface area contributed by atoms with E-state index in [2.05, 4.69) is 71.2 Å². The van der Waals surface area contributed by atoms with Gasteiger partial charge in [0.1, 0.15) is 10.8 Å². The van der Waals surface area contributed by atoms with Gasteiger partial charge in [-0.3, -0.25) is 0 Å². The van der Waals surface area contributed by atoms with Gasteiger partial charge in [0, 0.05) is 36.9 Å². The Balaban J connectivity index is 1.69. The highest BCUT2D eigenvalue weighted by Crippen LogP contribution is 2.39. The summed E-state index contributed by atoms with van der Waals surface area (Å²) >= 11 is 1.89. The smallest absolute Gasteiger partial charge is 0.126 e. The van der Waals surface area contributed by atoms with E-state index in [1.54, 1.807) is 0 Å². The molecule has 2 fully saturated rings. The normalized spacial score (nSPS) is 19.2. The molecule has 0 spiro atoms. The molecule has 2 aromatic rings. The van der Waals surface area contributed by atoms with E-state index in [1.165, 1.54) is 53.2 Å². The zero-order chi connectivity index (χ0) is 26.6. The van der Waals surface area contributed by atoms with Crippen molar-refractivity contribution in [3.8, 4) is 10.4 Å². The van der Waals surface area contributed by atoms with Crippen molar-refractivity contribution in [1.82, 2.24) is 15.3 Å². The van der Waals surface area contributed by atoms with Crippen LogP contribution in [0, 0.1) is 11.3 Å². The molecule has 37 heavy (non-hydrogen) atoms. The number of aromatic nitrogens is 2. The van der Waals surface area contributed by atoms with Crippen molar-refractivity contribution in [1.29, 1.82) is 0 Å². The van der Waals surface area contributed by atoms with Gasteiger partial charge < -0.3 is 15.4 Å². The lowest BCUT2D eigenvalue weighted by Gasteiger charge is -2.26. The number of ether oxygens (including phenoxy) is 1. The number of anilines is 1. The quantitative estimate of drug-likeness (QED) is 0.366. The summed E-state index contributed by atoms with van der Waals surface area (Å²) in [5.41, 5.74) is 3.86. The maximum absolute atomic E-state index is 5.58. The Bertz CT molecular complexity index is 1010. The van der Waals surface area contributed by atoms with Crippen LogP contribution in [0.1, 0.15) is 116 Å². The summed E-state index contributed by atoms with van der Waals surface area (Å²) in [6, 6.07) is 5.34. The fourth-order valence-electron chi connectivity index (χ4n) is 5.37. The average Bonchev–Trinajstić information content (AvgIpc) is 3.27. The minimum absolute atomic E-state index is 0.0247. The number of nitrogens with zero attached hydrogens (tertiary/aromatic N) is 2. The minimum Gasteiger partial charge on any atom is -0.381 e. The Morgan fingerprint density at radius 3 is 2.32 bits per heavy atom. The first-order chi connectivity index (χ1) is 17.5. The molecule has 1 atom stereocenters. The molecular weight excluding hydrogens is 476 g/mol. The van der Waals surface area contributed by atoms with Crippen molar-refractivity contribution < 1.29 is 4.74 Å². The van der Waals surface area contributed by atoms with Crippen molar-refractivity contribution in [2.45, 2.75) is 117 Å². The summed E-state index contributed by atoms with van der Waals surface area (Å²) in [5.74, 6) is 1.73. The van der Waals surface area contributed by atoms with Crippen LogP contribution in [0.25, 0.3) is 10.4 Å². The number of pyridine rings is 1. The third-order valence-corrected chi connectivity index (χ3v) is 8.98. The maximum Gasteiger partial charge on any atom is 0.126 e. The molecule has 2 aromatic heterocycles. The molecule has 4 rings (SSSR count). The first-order valence-corrected chi connectivity index (χ1v) is 15.4. The van der Waals surface area contributed by atoms with Crippen molar-refractivity contribution in [3.05, 3.63) is 28.5 Å². The van der Waals surface area contributed by atoms with Crippen LogP contribution in [0.15, 0.2) is 12.1 Å². The van der Waals surface area contributed by atoms with Crippen LogP contribution >= 0.6 is 11.3 Å². The number of thiazole rings is 1. The highest BCUT2D eigenvalue weighted by Gasteiger charge is 2.26. The van der Waals surface area contributed by atoms with E-state index in [9.17, 15) is 0 Å². The number of hydrogen-bond acceptors (Lipinski definition) is 6. The van der Waals surface area contributed by atoms with E-state index in [1.807, 2.05) is 11.3 Å². The Morgan fingerprint density at radius 2 is 1.68 bits per heavy atom. The third kappa shape index (κ3) is 8.24. The van der Waals surface area contributed by atoms with Crippen LogP contribution in [0.4, 0.5) is 5.82 Å². The van der Waals surface area contributed by atoms with Crippen molar-refractivity contribution in [2.75, 3.05) is 25.1 Å². The predicted octanol–water partition coefficient (Wildman–Crippen LogP) is 7.91. The van der Waals surface area contributed by atoms with Gasteiger partial charge in [-0.15, -0.1) is 11.3 Å². The molecule has 1 aliphatic heterocycles. The number of hydrogen-bond donors (Lipinski definition) is 2. The van der Waals surface area contributed by atoms with Crippen LogP contribution in [0.3, 0.4) is 0 Å². The first-order valence-electron chi connectivity index (χ1n) is 14.6. The molecule has 5 nitrogen and oxygen atoms in total. The highest BCUT2D eigenvalue weighted by atomic mass is 32.1. The van der Waals surface area contributed by atoms with Crippen LogP contribution in [-0.2, 0) is 16.6 Å². The van der Waals surface area contributed by atoms with E-state index in [4.69, 9.17) is 14.7 Å². The predicted molar refractivity (Wildman–Crippen MR) is 158 cm³/mol. The van der Waals surface area contributed by atoms with Crippen LogP contribution in [0.5, 0.6) is 0 Å². The van der Waals surface area contributed by atoms with Gasteiger partial charge >= 0.3 is 0 Å². The lowest BCUT2D eigenvalue weighted by molar-refractivity contribution is 0.0754. The van der Waals surface area contributed by atoms with Crippen LogP contribution in [-0.4, -0.2) is 35.8 Å². The second-order valence-corrected chi connectivity index (χ2v) is 14.6. The highest BCUT2D eigenvalue weighted by molar-refractivity contribution is 7.15.